The first kappa shape index (κ1) is 20.4. The highest BCUT2D eigenvalue weighted by molar-refractivity contribution is 6.30. The van der Waals surface area contributed by atoms with Crippen LogP contribution in [0.25, 0.3) is 11.1 Å². The number of benzene rings is 2. The fraction of sp³-hybridized carbons (Fsp3) is 0.292. The summed E-state index contributed by atoms with van der Waals surface area (Å²) in [5, 5.41) is 7.87. The van der Waals surface area contributed by atoms with E-state index in [1.165, 1.54) is 0 Å². The van der Waals surface area contributed by atoms with Crippen LogP contribution in [0.2, 0.25) is 5.02 Å². The van der Waals surface area contributed by atoms with Crippen molar-refractivity contribution in [2.24, 2.45) is 4.99 Å². The smallest absolute Gasteiger partial charge is 0.223 e. The molecule has 1 aromatic heterocycles. The number of fused-ring (bicyclic) bond motifs is 3. The van der Waals surface area contributed by atoms with Crippen molar-refractivity contribution in [2.75, 3.05) is 0 Å². The highest BCUT2D eigenvalue weighted by atomic mass is 35.5. The van der Waals surface area contributed by atoms with Gasteiger partial charge in [0.1, 0.15) is 6.04 Å². The maximum Gasteiger partial charge on any atom is 0.223 e. The summed E-state index contributed by atoms with van der Waals surface area (Å²) in [6.45, 7) is 7.79. The summed E-state index contributed by atoms with van der Waals surface area (Å²) in [5.41, 5.74) is 5.08. The number of aromatic nitrogens is 1. The van der Waals surface area contributed by atoms with Gasteiger partial charge in [-0.1, -0.05) is 53.2 Å². The van der Waals surface area contributed by atoms with Gasteiger partial charge in [0, 0.05) is 21.7 Å². The molecule has 30 heavy (non-hydrogen) atoms. The summed E-state index contributed by atoms with van der Waals surface area (Å²) in [4.78, 5) is 17.8. The fourth-order valence-corrected chi connectivity index (χ4v) is 3.88. The van der Waals surface area contributed by atoms with Crippen LogP contribution in [0.5, 0.6) is 0 Å². The molecule has 1 amide bonds. The molecule has 0 fully saturated rings. The van der Waals surface area contributed by atoms with Gasteiger partial charge >= 0.3 is 0 Å². The maximum atomic E-state index is 12.8. The third-order valence-electron chi connectivity index (χ3n) is 4.94. The van der Waals surface area contributed by atoms with Gasteiger partial charge in [-0.2, -0.15) is 0 Å². The van der Waals surface area contributed by atoms with Gasteiger partial charge in [-0.3, -0.25) is 9.79 Å². The molecule has 2 heterocycles. The van der Waals surface area contributed by atoms with Gasteiger partial charge in [-0.25, -0.2) is 0 Å². The molecule has 4 rings (SSSR count). The Morgan fingerprint density at radius 3 is 2.43 bits per heavy atom. The van der Waals surface area contributed by atoms with Crippen LogP contribution < -0.4 is 5.32 Å². The number of aliphatic imine (C=N–C) groups is 1. The van der Waals surface area contributed by atoms with Crippen molar-refractivity contribution in [1.82, 2.24) is 10.5 Å². The number of halogens is 1. The van der Waals surface area contributed by atoms with Gasteiger partial charge in [0.05, 0.1) is 23.4 Å². The van der Waals surface area contributed by atoms with Crippen LogP contribution in [0.4, 0.5) is 0 Å². The Bertz CT molecular complexity index is 1120. The third kappa shape index (κ3) is 4.03. The number of aryl methyl sites for hydroxylation is 1. The van der Waals surface area contributed by atoms with Crippen LogP contribution in [0.15, 0.2) is 58.0 Å². The van der Waals surface area contributed by atoms with Crippen molar-refractivity contribution in [1.29, 1.82) is 0 Å². The summed E-state index contributed by atoms with van der Waals surface area (Å²) in [6.07, 6.45) is 0.171. The van der Waals surface area contributed by atoms with Gasteiger partial charge in [-0.15, -0.1) is 0 Å². The van der Waals surface area contributed by atoms with Crippen LogP contribution in [0.3, 0.4) is 0 Å². The molecule has 5 nitrogen and oxygen atoms in total. The molecule has 0 aliphatic carbocycles. The number of rotatable bonds is 3. The number of hydrogen-bond donors (Lipinski definition) is 1. The molecule has 0 radical (unpaired) electrons. The summed E-state index contributed by atoms with van der Waals surface area (Å²) in [6, 6.07) is 15.2. The average molecular weight is 422 g/mol. The monoisotopic (exact) mass is 421 g/mol. The molecule has 0 spiro atoms. The van der Waals surface area contributed by atoms with E-state index >= 15 is 0 Å². The molecule has 1 aliphatic heterocycles. The molecule has 1 N–H and O–H groups in total. The SMILES string of the molecule is Cc1noc2c1-c1ccccc1C(c1ccc(Cl)cc1)=N[C@H]2CC(=O)NC(C)(C)C. The first-order valence-corrected chi connectivity index (χ1v) is 10.3. The lowest BCUT2D eigenvalue weighted by Crippen LogP contribution is -2.41. The van der Waals surface area contributed by atoms with Crippen LogP contribution in [0.1, 0.15) is 55.8 Å². The highest BCUT2D eigenvalue weighted by Crippen LogP contribution is 2.40. The number of carbonyl (C=O) groups is 1. The minimum absolute atomic E-state index is 0.0855. The summed E-state index contributed by atoms with van der Waals surface area (Å²) < 4.78 is 5.71. The molecular weight excluding hydrogens is 398 g/mol. The van der Waals surface area contributed by atoms with Gasteiger partial charge in [-0.05, 0) is 45.4 Å². The van der Waals surface area contributed by atoms with Crippen molar-refractivity contribution in [3.05, 3.63) is 76.1 Å². The van der Waals surface area contributed by atoms with Crippen LogP contribution in [0, 0.1) is 6.92 Å². The van der Waals surface area contributed by atoms with Crippen LogP contribution in [-0.2, 0) is 4.79 Å². The molecule has 0 unspecified atom stereocenters. The van der Waals surface area contributed by atoms with Crippen LogP contribution >= 0.6 is 11.6 Å². The van der Waals surface area contributed by atoms with E-state index in [-0.39, 0.29) is 17.9 Å². The van der Waals surface area contributed by atoms with E-state index in [0.717, 1.165) is 33.7 Å². The topological polar surface area (TPSA) is 67.5 Å². The normalized spacial score (nSPS) is 15.6. The molecular formula is C24H24ClN3O2. The van der Waals surface area contributed by atoms with Gasteiger partial charge < -0.3 is 9.84 Å². The van der Waals surface area contributed by atoms with Crippen molar-refractivity contribution < 1.29 is 9.32 Å². The molecule has 154 valence electrons. The molecule has 3 aromatic rings. The van der Waals surface area contributed by atoms with Crippen molar-refractivity contribution >= 4 is 23.2 Å². The van der Waals surface area contributed by atoms with Gasteiger partial charge in [0.2, 0.25) is 5.91 Å². The third-order valence-corrected chi connectivity index (χ3v) is 5.19. The molecule has 2 aromatic carbocycles. The predicted molar refractivity (Wildman–Crippen MR) is 119 cm³/mol. The number of amides is 1. The Labute approximate surface area is 181 Å². The molecule has 6 heteroatoms. The Hall–Kier alpha value is -2.92. The lowest BCUT2D eigenvalue weighted by atomic mass is 9.93. The fourth-order valence-electron chi connectivity index (χ4n) is 3.75. The Morgan fingerprint density at radius 2 is 1.77 bits per heavy atom. The average Bonchev–Trinajstić information content (AvgIpc) is 2.99. The number of nitrogens with zero attached hydrogens (tertiary/aromatic N) is 2. The highest BCUT2D eigenvalue weighted by Gasteiger charge is 2.32. The van der Waals surface area contributed by atoms with Gasteiger partial charge in [0.15, 0.2) is 5.76 Å². The molecule has 0 saturated carbocycles. The van der Waals surface area contributed by atoms with Gasteiger partial charge in [0.25, 0.3) is 0 Å². The van der Waals surface area contributed by atoms with E-state index < -0.39 is 6.04 Å². The van der Waals surface area contributed by atoms with E-state index in [2.05, 4.69) is 10.5 Å². The zero-order chi connectivity index (χ0) is 21.5. The van der Waals surface area contributed by atoms with E-state index in [1.54, 1.807) is 0 Å². The number of nitrogens with one attached hydrogen (secondary N) is 1. The van der Waals surface area contributed by atoms with E-state index in [4.69, 9.17) is 21.1 Å². The second-order valence-corrected chi connectivity index (χ2v) is 8.99. The summed E-state index contributed by atoms with van der Waals surface area (Å²) in [5.74, 6) is 0.533. The minimum atomic E-state index is -0.485. The first-order chi connectivity index (χ1) is 14.2. The molecule has 0 saturated heterocycles. The van der Waals surface area contributed by atoms with Crippen molar-refractivity contribution in [3.63, 3.8) is 0 Å². The van der Waals surface area contributed by atoms with Crippen LogP contribution in [-0.4, -0.2) is 22.3 Å². The Kier molecular flexibility index (Phi) is 5.24. The largest absolute Gasteiger partial charge is 0.358 e. The van der Waals surface area contributed by atoms with Crippen molar-refractivity contribution in [2.45, 2.75) is 45.7 Å². The molecule has 0 bridgehead atoms. The quantitative estimate of drug-likeness (QED) is 0.607. The van der Waals surface area contributed by atoms with E-state index in [1.807, 2.05) is 76.2 Å². The number of hydrogen-bond acceptors (Lipinski definition) is 4. The first-order valence-electron chi connectivity index (χ1n) is 9.93. The lowest BCUT2D eigenvalue weighted by Gasteiger charge is -2.21. The predicted octanol–water partition coefficient (Wildman–Crippen LogP) is 5.50. The Balaban J connectivity index is 1.87. The second kappa shape index (κ2) is 7.73. The zero-order valence-corrected chi connectivity index (χ0v) is 18.2. The minimum Gasteiger partial charge on any atom is -0.358 e. The summed E-state index contributed by atoms with van der Waals surface area (Å²) in [7, 11) is 0. The van der Waals surface area contributed by atoms with E-state index in [0.29, 0.717) is 10.8 Å². The van der Waals surface area contributed by atoms with Crippen molar-refractivity contribution in [3.8, 4) is 11.1 Å². The standard InChI is InChI=1S/C24H24ClN3O2/c1-14-21-17-7-5-6-8-18(17)22(15-9-11-16(25)12-10-15)26-19(23(21)30-28-14)13-20(29)27-24(2,3)4/h5-12,19H,13H2,1-4H3,(H,27,29)/t19-/m0/s1. The lowest BCUT2D eigenvalue weighted by molar-refractivity contribution is -0.122. The zero-order valence-electron chi connectivity index (χ0n) is 17.5. The summed E-state index contributed by atoms with van der Waals surface area (Å²) >= 11 is 6.10. The molecule has 1 atom stereocenters. The second-order valence-electron chi connectivity index (χ2n) is 8.56. The maximum absolute atomic E-state index is 12.8. The van der Waals surface area contributed by atoms with E-state index in [9.17, 15) is 4.79 Å². The number of carbonyl (C=O) groups excluding carboxylic acids is 1. The molecule has 1 aliphatic rings. The Morgan fingerprint density at radius 1 is 1.10 bits per heavy atom.